The zero-order chi connectivity index (χ0) is 21.5. The fraction of sp³-hybridized carbons (Fsp3) is 0.333. The topological polar surface area (TPSA) is 42.4 Å². The zero-order valence-electron chi connectivity index (χ0n) is 17.9. The Bertz CT molecular complexity index is 952. The van der Waals surface area contributed by atoms with E-state index in [9.17, 15) is 4.79 Å². The van der Waals surface area contributed by atoms with Crippen LogP contribution in [0.1, 0.15) is 40.5 Å². The number of amides is 1. The van der Waals surface area contributed by atoms with Gasteiger partial charge in [-0.05, 0) is 69.2 Å². The maximum absolute atomic E-state index is 13.1. The third-order valence-electron chi connectivity index (χ3n) is 4.98. The number of ether oxygens (including phenoxy) is 1. The summed E-state index contributed by atoms with van der Waals surface area (Å²) in [5.41, 5.74) is 3.03. The number of thiazole rings is 1. The largest absolute Gasteiger partial charge is 0.497 e. The van der Waals surface area contributed by atoms with E-state index in [0.717, 1.165) is 39.1 Å². The van der Waals surface area contributed by atoms with Crippen LogP contribution in [0, 0.1) is 6.92 Å². The van der Waals surface area contributed by atoms with Crippen molar-refractivity contribution in [3.05, 3.63) is 75.7 Å². The highest BCUT2D eigenvalue weighted by Gasteiger charge is 2.20. The summed E-state index contributed by atoms with van der Waals surface area (Å²) < 4.78 is 5.22. The molecule has 0 fully saturated rings. The van der Waals surface area contributed by atoms with Gasteiger partial charge in [-0.25, -0.2) is 4.98 Å². The predicted molar refractivity (Wildman–Crippen MR) is 126 cm³/mol. The van der Waals surface area contributed by atoms with Gasteiger partial charge in [-0.15, -0.1) is 23.1 Å². The van der Waals surface area contributed by atoms with E-state index in [4.69, 9.17) is 4.74 Å². The molecule has 3 rings (SSSR count). The normalized spacial score (nSPS) is 11.9. The van der Waals surface area contributed by atoms with Crippen LogP contribution in [0.5, 0.6) is 5.75 Å². The second-order valence-electron chi connectivity index (χ2n) is 7.16. The third-order valence-corrected chi connectivity index (χ3v) is 6.85. The van der Waals surface area contributed by atoms with Crippen molar-refractivity contribution < 1.29 is 9.53 Å². The summed E-state index contributed by atoms with van der Waals surface area (Å²) >= 11 is 3.42. The minimum atomic E-state index is 0.0742. The molecular weight excluding hydrogens is 412 g/mol. The quantitative estimate of drug-likeness (QED) is 0.392. The summed E-state index contributed by atoms with van der Waals surface area (Å²) in [7, 11) is 1.67. The van der Waals surface area contributed by atoms with Crippen LogP contribution in [-0.2, 0) is 12.2 Å². The molecule has 1 heterocycles. The van der Waals surface area contributed by atoms with Crippen molar-refractivity contribution in [2.45, 2.75) is 43.9 Å². The zero-order valence-corrected chi connectivity index (χ0v) is 19.6. The number of methoxy groups -OCH3 is 1. The first-order chi connectivity index (χ1) is 14.5. The minimum Gasteiger partial charge on any atom is -0.497 e. The highest BCUT2D eigenvalue weighted by molar-refractivity contribution is 7.98. The number of aryl methyl sites for hydroxylation is 1. The Morgan fingerprint density at radius 3 is 2.43 bits per heavy atom. The van der Waals surface area contributed by atoms with E-state index < -0.39 is 0 Å². The summed E-state index contributed by atoms with van der Waals surface area (Å²) in [5.74, 6) is 1.76. The van der Waals surface area contributed by atoms with Gasteiger partial charge in [0.1, 0.15) is 5.75 Å². The average Bonchev–Trinajstić information content (AvgIpc) is 3.18. The SMILES string of the molecule is CCN(C(=O)c1ccc(SCc2csc(C)n2)cc1)C(C)Cc1ccc(OC)cc1. The molecule has 0 radical (unpaired) electrons. The minimum absolute atomic E-state index is 0.0742. The summed E-state index contributed by atoms with van der Waals surface area (Å²) in [6, 6.07) is 16.1. The van der Waals surface area contributed by atoms with Crippen LogP contribution in [0.25, 0.3) is 0 Å². The maximum atomic E-state index is 13.1. The second-order valence-corrected chi connectivity index (χ2v) is 9.27. The second kappa shape index (κ2) is 10.6. The third kappa shape index (κ3) is 5.86. The van der Waals surface area contributed by atoms with Crippen molar-refractivity contribution in [1.82, 2.24) is 9.88 Å². The van der Waals surface area contributed by atoms with Crippen molar-refractivity contribution >= 4 is 29.0 Å². The summed E-state index contributed by atoms with van der Waals surface area (Å²) in [4.78, 5) is 20.7. The van der Waals surface area contributed by atoms with Crippen LogP contribution in [0.4, 0.5) is 0 Å². The Labute approximate surface area is 187 Å². The lowest BCUT2D eigenvalue weighted by Crippen LogP contribution is -2.39. The summed E-state index contributed by atoms with van der Waals surface area (Å²) in [6.45, 7) is 6.83. The number of thioether (sulfide) groups is 1. The highest BCUT2D eigenvalue weighted by atomic mass is 32.2. The monoisotopic (exact) mass is 440 g/mol. The number of hydrogen-bond acceptors (Lipinski definition) is 5. The van der Waals surface area contributed by atoms with E-state index >= 15 is 0 Å². The lowest BCUT2D eigenvalue weighted by molar-refractivity contribution is 0.0703. The molecular formula is C24H28N2O2S2. The van der Waals surface area contributed by atoms with Crippen LogP contribution < -0.4 is 4.74 Å². The molecule has 0 aliphatic carbocycles. The van der Waals surface area contributed by atoms with Crippen LogP contribution in [0.3, 0.4) is 0 Å². The van der Waals surface area contributed by atoms with Crippen molar-refractivity contribution in [3.63, 3.8) is 0 Å². The molecule has 3 aromatic rings. The van der Waals surface area contributed by atoms with Crippen LogP contribution in [0.2, 0.25) is 0 Å². The molecule has 1 aromatic heterocycles. The fourth-order valence-electron chi connectivity index (χ4n) is 3.36. The van der Waals surface area contributed by atoms with E-state index in [0.29, 0.717) is 6.54 Å². The number of likely N-dealkylation sites (N-methyl/N-ethyl adjacent to an activating group) is 1. The molecule has 1 atom stereocenters. The van der Waals surface area contributed by atoms with Gasteiger partial charge in [0.05, 0.1) is 17.8 Å². The Balaban J connectivity index is 1.60. The average molecular weight is 441 g/mol. The molecule has 0 N–H and O–H groups in total. The molecule has 0 saturated carbocycles. The van der Waals surface area contributed by atoms with Gasteiger partial charge in [-0.1, -0.05) is 12.1 Å². The molecule has 158 valence electrons. The van der Waals surface area contributed by atoms with E-state index in [1.54, 1.807) is 30.2 Å². The van der Waals surface area contributed by atoms with Crippen LogP contribution in [-0.4, -0.2) is 35.5 Å². The van der Waals surface area contributed by atoms with Gasteiger partial charge < -0.3 is 9.64 Å². The standard InChI is InChI=1S/C24H28N2O2S2/c1-5-26(17(2)14-19-6-10-22(28-4)11-7-19)24(27)20-8-12-23(13-9-20)30-16-21-15-29-18(3)25-21/h6-13,15,17H,5,14,16H2,1-4H3. The molecule has 4 nitrogen and oxygen atoms in total. The molecule has 30 heavy (non-hydrogen) atoms. The molecule has 6 heteroatoms. The molecule has 0 saturated heterocycles. The van der Waals surface area contributed by atoms with Crippen molar-refractivity contribution in [2.24, 2.45) is 0 Å². The van der Waals surface area contributed by atoms with Gasteiger partial charge in [0.15, 0.2) is 0 Å². The summed E-state index contributed by atoms with van der Waals surface area (Å²) in [6.07, 6.45) is 0.810. The highest BCUT2D eigenvalue weighted by Crippen LogP contribution is 2.24. The number of rotatable bonds is 9. The van der Waals surface area contributed by atoms with Gasteiger partial charge in [-0.3, -0.25) is 4.79 Å². The molecule has 0 aliphatic rings. The van der Waals surface area contributed by atoms with Gasteiger partial charge in [0.2, 0.25) is 0 Å². The molecule has 0 spiro atoms. The van der Waals surface area contributed by atoms with Gasteiger partial charge in [0.25, 0.3) is 5.91 Å². The van der Waals surface area contributed by atoms with Crippen molar-refractivity contribution in [3.8, 4) is 5.75 Å². The molecule has 0 aliphatic heterocycles. The Morgan fingerprint density at radius 2 is 1.87 bits per heavy atom. The van der Waals surface area contributed by atoms with Gasteiger partial charge in [-0.2, -0.15) is 0 Å². The first-order valence-corrected chi connectivity index (χ1v) is 11.9. The van der Waals surface area contributed by atoms with Gasteiger partial charge in [0, 0.05) is 34.2 Å². The predicted octanol–water partition coefficient (Wildman–Crippen LogP) is 5.85. The Morgan fingerprint density at radius 1 is 1.17 bits per heavy atom. The number of carbonyl (C=O) groups is 1. The number of carbonyl (C=O) groups excluding carboxylic acids is 1. The number of nitrogens with zero attached hydrogens (tertiary/aromatic N) is 2. The lowest BCUT2D eigenvalue weighted by atomic mass is 10.0. The first kappa shape index (κ1) is 22.4. The number of benzene rings is 2. The fourth-order valence-corrected chi connectivity index (χ4v) is 4.87. The smallest absolute Gasteiger partial charge is 0.254 e. The molecule has 0 bridgehead atoms. The van der Waals surface area contributed by atoms with E-state index in [-0.39, 0.29) is 11.9 Å². The van der Waals surface area contributed by atoms with Crippen LogP contribution >= 0.6 is 23.1 Å². The lowest BCUT2D eigenvalue weighted by Gasteiger charge is -2.28. The number of aromatic nitrogens is 1. The van der Waals surface area contributed by atoms with E-state index in [2.05, 4.69) is 29.4 Å². The Kier molecular flexibility index (Phi) is 7.94. The van der Waals surface area contributed by atoms with E-state index in [1.165, 1.54) is 5.56 Å². The van der Waals surface area contributed by atoms with E-state index in [1.807, 2.05) is 55.1 Å². The first-order valence-electron chi connectivity index (χ1n) is 10.1. The molecule has 2 aromatic carbocycles. The van der Waals surface area contributed by atoms with Gasteiger partial charge >= 0.3 is 0 Å². The maximum Gasteiger partial charge on any atom is 0.254 e. The summed E-state index contributed by atoms with van der Waals surface area (Å²) in [5, 5.41) is 3.19. The number of hydrogen-bond donors (Lipinski definition) is 0. The van der Waals surface area contributed by atoms with Crippen molar-refractivity contribution in [2.75, 3.05) is 13.7 Å². The van der Waals surface area contributed by atoms with Crippen LogP contribution in [0.15, 0.2) is 58.8 Å². The van der Waals surface area contributed by atoms with Crippen molar-refractivity contribution in [1.29, 1.82) is 0 Å². The molecule has 1 amide bonds. The molecule has 1 unspecified atom stereocenters. The Hall–Kier alpha value is -2.31.